The molecule has 0 aliphatic rings. The molecule has 0 aliphatic carbocycles. The standard InChI is InChI=1S/C27H30O3/c1-2-12-22(20-28)19-26(29)21-30-27(23-13-6-3-7-14-23,24-15-8-4-9-16-24)25-17-10-5-11-18-25/h2-11,13-18,22,26,28-29H,1,12,19-21H2/t22?,26-/m0/s1. The van der Waals surface area contributed by atoms with Crippen molar-refractivity contribution in [1.29, 1.82) is 0 Å². The fourth-order valence-electron chi connectivity index (χ4n) is 3.92. The lowest BCUT2D eigenvalue weighted by molar-refractivity contribution is -0.0459. The zero-order valence-corrected chi connectivity index (χ0v) is 17.2. The summed E-state index contributed by atoms with van der Waals surface area (Å²) in [5.74, 6) is -0.0272. The molecule has 0 spiro atoms. The highest BCUT2D eigenvalue weighted by Gasteiger charge is 2.38. The molecular formula is C27H30O3. The van der Waals surface area contributed by atoms with Crippen molar-refractivity contribution < 1.29 is 14.9 Å². The maximum Gasteiger partial charge on any atom is 0.143 e. The lowest BCUT2D eigenvalue weighted by Crippen LogP contribution is -2.36. The van der Waals surface area contributed by atoms with E-state index in [2.05, 4.69) is 43.0 Å². The number of aliphatic hydroxyl groups is 2. The second-order valence-corrected chi connectivity index (χ2v) is 7.55. The van der Waals surface area contributed by atoms with Gasteiger partial charge in [-0.15, -0.1) is 6.58 Å². The summed E-state index contributed by atoms with van der Waals surface area (Å²) in [7, 11) is 0. The zero-order valence-electron chi connectivity index (χ0n) is 17.2. The first-order valence-electron chi connectivity index (χ1n) is 10.4. The highest BCUT2D eigenvalue weighted by molar-refractivity contribution is 5.47. The normalized spacial score (nSPS) is 13.5. The molecule has 1 unspecified atom stereocenters. The summed E-state index contributed by atoms with van der Waals surface area (Å²) < 4.78 is 6.62. The molecular weight excluding hydrogens is 372 g/mol. The molecule has 0 saturated carbocycles. The molecule has 0 fully saturated rings. The Hall–Kier alpha value is -2.72. The fraction of sp³-hybridized carbons (Fsp3) is 0.259. The maximum atomic E-state index is 10.7. The molecule has 0 bridgehead atoms. The third-order valence-corrected chi connectivity index (χ3v) is 5.40. The van der Waals surface area contributed by atoms with E-state index in [1.807, 2.05) is 54.6 Å². The Morgan fingerprint density at radius 3 is 1.60 bits per heavy atom. The number of benzene rings is 3. The van der Waals surface area contributed by atoms with Crippen LogP contribution in [-0.4, -0.2) is 29.5 Å². The number of hydrogen-bond donors (Lipinski definition) is 2. The van der Waals surface area contributed by atoms with Gasteiger partial charge in [-0.05, 0) is 35.4 Å². The molecule has 0 aromatic heterocycles. The van der Waals surface area contributed by atoms with Crippen LogP contribution < -0.4 is 0 Å². The Bertz CT molecular complexity index is 781. The fourth-order valence-corrected chi connectivity index (χ4v) is 3.92. The molecule has 0 radical (unpaired) electrons. The molecule has 0 heterocycles. The highest BCUT2D eigenvalue weighted by atomic mass is 16.5. The average molecular weight is 403 g/mol. The predicted octanol–water partition coefficient (Wildman–Crippen LogP) is 4.93. The number of allylic oxidation sites excluding steroid dienone is 1. The van der Waals surface area contributed by atoms with Crippen molar-refractivity contribution >= 4 is 0 Å². The van der Waals surface area contributed by atoms with Gasteiger partial charge in [0.25, 0.3) is 0 Å². The highest BCUT2D eigenvalue weighted by Crippen LogP contribution is 2.40. The lowest BCUT2D eigenvalue weighted by atomic mass is 9.80. The first kappa shape index (κ1) is 22.0. The number of aliphatic hydroxyl groups excluding tert-OH is 2. The van der Waals surface area contributed by atoms with Gasteiger partial charge in [-0.2, -0.15) is 0 Å². The van der Waals surface area contributed by atoms with Crippen LogP contribution >= 0.6 is 0 Å². The van der Waals surface area contributed by atoms with Gasteiger partial charge in [-0.25, -0.2) is 0 Å². The van der Waals surface area contributed by atoms with Crippen molar-refractivity contribution in [3.8, 4) is 0 Å². The van der Waals surface area contributed by atoms with Crippen LogP contribution in [0, 0.1) is 5.92 Å². The van der Waals surface area contributed by atoms with Crippen LogP contribution in [0.3, 0.4) is 0 Å². The van der Waals surface area contributed by atoms with Gasteiger partial charge in [-0.3, -0.25) is 0 Å². The predicted molar refractivity (Wildman–Crippen MR) is 121 cm³/mol. The summed E-state index contributed by atoms with van der Waals surface area (Å²) in [6.07, 6.45) is 2.19. The van der Waals surface area contributed by atoms with Gasteiger partial charge in [0.15, 0.2) is 0 Å². The Morgan fingerprint density at radius 1 is 0.800 bits per heavy atom. The van der Waals surface area contributed by atoms with Crippen molar-refractivity contribution in [2.45, 2.75) is 24.5 Å². The molecule has 0 saturated heterocycles. The largest absolute Gasteiger partial charge is 0.396 e. The van der Waals surface area contributed by atoms with Crippen LogP contribution in [-0.2, 0) is 10.3 Å². The molecule has 3 aromatic carbocycles. The van der Waals surface area contributed by atoms with E-state index in [1.54, 1.807) is 6.08 Å². The SMILES string of the molecule is C=CCC(CO)C[C@H](O)COC(c1ccccc1)(c1ccccc1)c1ccccc1. The van der Waals surface area contributed by atoms with Gasteiger partial charge >= 0.3 is 0 Å². The van der Waals surface area contributed by atoms with E-state index in [1.165, 1.54) is 0 Å². The van der Waals surface area contributed by atoms with Crippen LogP contribution in [0.1, 0.15) is 29.5 Å². The third kappa shape index (κ3) is 5.06. The van der Waals surface area contributed by atoms with Gasteiger partial charge in [0.05, 0.1) is 12.7 Å². The van der Waals surface area contributed by atoms with E-state index in [4.69, 9.17) is 4.74 Å². The molecule has 156 valence electrons. The molecule has 3 heteroatoms. The second-order valence-electron chi connectivity index (χ2n) is 7.55. The summed E-state index contributed by atoms with van der Waals surface area (Å²) >= 11 is 0. The van der Waals surface area contributed by atoms with Gasteiger partial charge in [0.1, 0.15) is 5.60 Å². The quantitative estimate of drug-likeness (QED) is 0.353. The van der Waals surface area contributed by atoms with Crippen LogP contribution in [0.5, 0.6) is 0 Å². The van der Waals surface area contributed by atoms with Gasteiger partial charge in [-0.1, -0.05) is 97.1 Å². The van der Waals surface area contributed by atoms with Crippen LogP contribution in [0.4, 0.5) is 0 Å². The lowest BCUT2D eigenvalue weighted by Gasteiger charge is -2.36. The van der Waals surface area contributed by atoms with Crippen LogP contribution in [0.25, 0.3) is 0 Å². The minimum absolute atomic E-state index is 0.0181. The Morgan fingerprint density at radius 2 is 1.23 bits per heavy atom. The van der Waals surface area contributed by atoms with E-state index < -0.39 is 11.7 Å². The molecule has 30 heavy (non-hydrogen) atoms. The topological polar surface area (TPSA) is 49.7 Å². The Balaban J connectivity index is 2.00. The van der Waals surface area contributed by atoms with E-state index in [0.717, 1.165) is 16.7 Å². The average Bonchev–Trinajstić information content (AvgIpc) is 2.81. The molecule has 0 aliphatic heterocycles. The summed E-state index contributed by atoms with van der Waals surface area (Å²) in [5.41, 5.74) is 2.15. The van der Waals surface area contributed by atoms with E-state index in [-0.39, 0.29) is 19.1 Å². The first-order valence-corrected chi connectivity index (χ1v) is 10.4. The third-order valence-electron chi connectivity index (χ3n) is 5.40. The summed E-state index contributed by atoms with van der Waals surface area (Å²) in [5, 5.41) is 20.3. The van der Waals surface area contributed by atoms with Crippen molar-refractivity contribution in [2.75, 3.05) is 13.2 Å². The molecule has 2 atom stereocenters. The monoisotopic (exact) mass is 402 g/mol. The van der Waals surface area contributed by atoms with E-state index in [9.17, 15) is 10.2 Å². The number of rotatable bonds is 11. The first-order chi connectivity index (χ1) is 14.7. The molecule has 3 rings (SSSR count). The Kier molecular flexibility index (Phi) is 7.97. The van der Waals surface area contributed by atoms with Crippen molar-refractivity contribution in [1.82, 2.24) is 0 Å². The molecule has 3 nitrogen and oxygen atoms in total. The minimum atomic E-state index is -0.849. The summed E-state index contributed by atoms with van der Waals surface area (Å²) in [6.45, 7) is 3.90. The zero-order chi connectivity index (χ0) is 21.2. The smallest absolute Gasteiger partial charge is 0.143 e. The summed E-state index contributed by atoms with van der Waals surface area (Å²) in [6, 6.07) is 30.3. The molecule has 3 aromatic rings. The Labute approximate surface area is 179 Å². The van der Waals surface area contributed by atoms with Gasteiger partial charge in [0.2, 0.25) is 0 Å². The molecule has 2 N–H and O–H groups in total. The summed E-state index contributed by atoms with van der Waals surface area (Å²) in [4.78, 5) is 0. The van der Waals surface area contributed by atoms with Crippen LogP contribution in [0.15, 0.2) is 104 Å². The minimum Gasteiger partial charge on any atom is -0.396 e. The number of hydrogen-bond acceptors (Lipinski definition) is 3. The van der Waals surface area contributed by atoms with Crippen LogP contribution in [0.2, 0.25) is 0 Å². The van der Waals surface area contributed by atoms with Crippen molar-refractivity contribution in [3.05, 3.63) is 120 Å². The van der Waals surface area contributed by atoms with Crippen molar-refractivity contribution in [3.63, 3.8) is 0 Å². The second kappa shape index (κ2) is 10.9. The van der Waals surface area contributed by atoms with Crippen molar-refractivity contribution in [2.24, 2.45) is 5.92 Å². The van der Waals surface area contributed by atoms with Gasteiger partial charge < -0.3 is 14.9 Å². The van der Waals surface area contributed by atoms with E-state index >= 15 is 0 Å². The number of ether oxygens (including phenoxy) is 1. The van der Waals surface area contributed by atoms with E-state index in [0.29, 0.717) is 12.8 Å². The maximum absolute atomic E-state index is 10.7. The molecule has 0 amide bonds. The van der Waals surface area contributed by atoms with Gasteiger partial charge in [0, 0.05) is 6.61 Å².